The van der Waals surface area contributed by atoms with Crippen molar-refractivity contribution in [1.82, 2.24) is 9.80 Å². The van der Waals surface area contributed by atoms with Gasteiger partial charge in [-0.3, -0.25) is 9.80 Å². The molecule has 12 heavy (non-hydrogen) atoms. The Morgan fingerprint density at radius 3 is 2.67 bits per heavy atom. The molecule has 1 aliphatic carbocycles. The average molecular weight is 170 g/mol. The van der Waals surface area contributed by atoms with Crippen molar-refractivity contribution < 1.29 is 5.11 Å². The lowest BCUT2D eigenvalue weighted by atomic mass is 10.2. The molecule has 1 unspecified atom stereocenters. The number of piperazine rings is 1. The van der Waals surface area contributed by atoms with Crippen molar-refractivity contribution in [2.24, 2.45) is 0 Å². The van der Waals surface area contributed by atoms with E-state index in [4.69, 9.17) is 5.11 Å². The molecule has 0 aromatic heterocycles. The molecule has 0 radical (unpaired) electrons. The summed E-state index contributed by atoms with van der Waals surface area (Å²) in [7, 11) is 2.10. The summed E-state index contributed by atoms with van der Waals surface area (Å²) < 4.78 is 0. The number of aliphatic hydroxyl groups is 1. The van der Waals surface area contributed by atoms with E-state index < -0.39 is 0 Å². The lowest BCUT2D eigenvalue weighted by molar-refractivity contribution is 0.0538. The summed E-state index contributed by atoms with van der Waals surface area (Å²) >= 11 is 0. The SMILES string of the molecule is CN1CCN(C2CC2)CC1CO. The molecular formula is C9H18N2O. The van der Waals surface area contributed by atoms with Crippen molar-refractivity contribution in [2.45, 2.75) is 24.9 Å². The molecule has 1 atom stereocenters. The number of nitrogens with zero attached hydrogens (tertiary/aromatic N) is 2. The summed E-state index contributed by atoms with van der Waals surface area (Å²) in [5.74, 6) is 0. The first-order valence-electron chi connectivity index (χ1n) is 4.86. The summed E-state index contributed by atoms with van der Waals surface area (Å²) in [6.07, 6.45) is 2.75. The molecular weight excluding hydrogens is 152 g/mol. The third-order valence-electron chi connectivity index (χ3n) is 3.08. The van der Waals surface area contributed by atoms with Gasteiger partial charge in [-0.25, -0.2) is 0 Å². The van der Waals surface area contributed by atoms with Gasteiger partial charge in [-0.05, 0) is 19.9 Å². The zero-order valence-corrected chi connectivity index (χ0v) is 7.74. The lowest BCUT2D eigenvalue weighted by Gasteiger charge is -2.38. The van der Waals surface area contributed by atoms with E-state index in [1.165, 1.54) is 19.4 Å². The molecule has 70 valence electrons. The summed E-state index contributed by atoms with van der Waals surface area (Å²) in [6, 6.07) is 1.23. The van der Waals surface area contributed by atoms with Gasteiger partial charge in [0.2, 0.25) is 0 Å². The Morgan fingerprint density at radius 1 is 1.33 bits per heavy atom. The minimum Gasteiger partial charge on any atom is -0.395 e. The number of rotatable bonds is 2. The molecule has 0 bridgehead atoms. The number of likely N-dealkylation sites (N-methyl/N-ethyl adjacent to an activating group) is 1. The second kappa shape index (κ2) is 3.32. The van der Waals surface area contributed by atoms with Gasteiger partial charge in [0, 0.05) is 31.7 Å². The zero-order valence-electron chi connectivity index (χ0n) is 7.74. The normalized spacial score (nSPS) is 34.0. The summed E-state index contributed by atoms with van der Waals surface area (Å²) in [6.45, 7) is 3.68. The van der Waals surface area contributed by atoms with Crippen molar-refractivity contribution in [3.05, 3.63) is 0 Å². The monoisotopic (exact) mass is 170 g/mol. The van der Waals surface area contributed by atoms with E-state index in [-0.39, 0.29) is 0 Å². The van der Waals surface area contributed by atoms with Gasteiger partial charge in [-0.1, -0.05) is 0 Å². The fraction of sp³-hybridized carbons (Fsp3) is 1.00. The van der Waals surface area contributed by atoms with Crippen LogP contribution in [0.2, 0.25) is 0 Å². The summed E-state index contributed by atoms with van der Waals surface area (Å²) in [4.78, 5) is 4.79. The van der Waals surface area contributed by atoms with Crippen molar-refractivity contribution in [3.8, 4) is 0 Å². The fourth-order valence-electron chi connectivity index (χ4n) is 1.94. The average Bonchev–Trinajstić information content (AvgIpc) is 2.88. The molecule has 3 heteroatoms. The highest BCUT2D eigenvalue weighted by Gasteiger charge is 2.33. The molecule has 0 aromatic carbocycles. The Balaban J connectivity index is 1.87. The van der Waals surface area contributed by atoms with E-state index in [9.17, 15) is 0 Å². The Bertz CT molecular complexity index is 159. The van der Waals surface area contributed by atoms with E-state index in [2.05, 4.69) is 16.8 Å². The fourth-order valence-corrected chi connectivity index (χ4v) is 1.94. The molecule has 1 heterocycles. The van der Waals surface area contributed by atoms with Crippen LogP contribution < -0.4 is 0 Å². The first kappa shape index (κ1) is 8.48. The minimum absolute atomic E-state index is 0.305. The molecule has 1 aliphatic heterocycles. The quantitative estimate of drug-likeness (QED) is 0.619. The van der Waals surface area contributed by atoms with Crippen LogP contribution in [0.15, 0.2) is 0 Å². The van der Waals surface area contributed by atoms with Crippen molar-refractivity contribution in [3.63, 3.8) is 0 Å². The molecule has 2 aliphatic rings. The molecule has 0 spiro atoms. The number of aliphatic hydroxyl groups excluding tert-OH is 1. The topological polar surface area (TPSA) is 26.7 Å². The number of hydrogen-bond donors (Lipinski definition) is 1. The van der Waals surface area contributed by atoms with Gasteiger partial charge >= 0.3 is 0 Å². The maximum atomic E-state index is 9.11. The highest BCUT2D eigenvalue weighted by atomic mass is 16.3. The zero-order chi connectivity index (χ0) is 8.55. The molecule has 1 N–H and O–H groups in total. The third kappa shape index (κ3) is 1.63. The van der Waals surface area contributed by atoms with Gasteiger partial charge in [-0.2, -0.15) is 0 Å². The van der Waals surface area contributed by atoms with Crippen LogP contribution in [0.3, 0.4) is 0 Å². The highest BCUT2D eigenvalue weighted by Crippen LogP contribution is 2.28. The van der Waals surface area contributed by atoms with Gasteiger partial charge in [0.05, 0.1) is 6.61 Å². The van der Waals surface area contributed by atoms with E-state index in [0.29, 0.717) is 12.6 Å². The van der Waals surface area contributed by atoms with Gasteiger partial charge in [0.25, 0.3) is 0 Å². The van der Waals surface area contributed by atoms with Crippen LogP contribution in [0, 0.1) is 0 Å². The second-order valence-corrected chi connectivity index (χ2v) is 4.04. The molecule has 2 rings (SSSR count). The van der Waals surface area contributed by atoms with Gasteiger partial charge < -0.3 is 5.11 Å². The Hall–Kier alpha value is -0.120. The number of hydrogen-bond acceptors (Lipinski definition) is 3. The lowest BCUT2D eigenvalue weighted by Crippen LogP contribution is -2.53. The van der Waals surface area contributed by atoms with E-state index in [0.717, 1.165) is 19.1 Å². The molecule has 1 saturated heterocycles. The van der Waals surface area contributed by atoms with Crippen LogP contribution >= 0.6 is 0 Å². The Labute approximate surface area is 74.0 Å². The molecule has 0 amide bonds. The molecule has 0 aromatic rings. The highest BCUT2D eigenvalue weighted by molar-refractivity contribution is 4.90. The van der Waals surface area contributed by atoms with Crippen molar-refractivity contribution >= 4 is 0 Å². The predicted octanol–water partition coefficient (Wildman–Crippen LogP) is -0.243. The van der Waals surface area contributed by atoms with Crippen LogP contribution in [0.1, 0.15) is 12.8 Å². The van der Waals surface area contributed by atoms with Crippen molar-refractivity contribution in [1.29, 1.82) is 0 Å². The van der Waals surface area contributed by atoms with Crippen LogP contribution in [0.25, 0.3) is 0 Å². The van der Waals surface area contributed by atoms with Gasteiger partial charge in [0.15, 0.2) is 0 Å². The van der Waals surface area contributed by atoms with Crippen molar-refractivity contribution in [2.75, 3.05) is 33.3 Å². The van der Waals surface area contributed by atoms with Crippen LogP contribution in [0.4, 0.5) is 0 Å². The Kier molecular flexibility index (Phi) is 2.35. The smallest absolute Gasteiger partial charge is 0.0599 e. The van der Waals surface area contributed by atoms with Gasteiger partial charge in [0.1, 0.15) is 0 Å². The Morgan fingerprint density at radius 2 is 2.08 bits per heavy atom. The summed E-state index contributed by atoms with van der Waals surface area (Å²) in [5.41, 5.74) is 0. The minimum atomic E-state index is 0.305. The predicted molar refractivity (Wildman–Crippen MR) is 48.1 cm³/mol. The molecule has 1 saturated carbocycles. The first-order chi connectivity index (χ1) is 5.81. The van der Waals surface area contributed by atoms with E-state index in [1.807, 2.05) is 0 Å². The molecule has 3 nitrogen and oxygen atoms in total. The second-order valence-electron chi connectivity index (χ2n) is 4.04. The maximum absolute atomic E-state index is 9.11. The third-order valence-corrected chi connectivity index (χ3v) is 3.08. The summed E-state index contributed by atoms with van der Waals surface area (Å²) in [5, 5.41) is 9.11. The largest absolute Gasteiger partial charge is 0.395 e. The van der Waals surface area contributed by atoms with E-state index >= 15 is 0 Å². The molecule has 2 fully saturated rings. The van der Waals surface area contributed by atoms with Crippen LogP contribution in [-0.4, -0.2) is 60.3 Å². The standard InChI is InChI=1S/C9H18N2O/c1-10-4-5-11(8-2-3-8)6-9(10)7-12/h8-9,12H,2-7H2,1H3. The maximum Gasteiger partial charge on any atom is 0.0599 e. The van der Waals surface area contributed by atoms with Crippen LogP contribution in [0.5, 0.6) is 0 Å². The van der Waals surface area contributed by atoms with Crippen LogP contribution in [-0.2, 0) is 0 Å². The first-order valence-corrected chi connectivity index (χ1v) is 4.86. The van der Waals surface area contributed by atoms with E-state index in [1.54, 1.807) is 0 Å². The van der Waals surface area contributed by atoms with Gasteiger partial charge in [-0.15, -0.1) is 0 Å².